The lowest BCUT2D eigenvalue weighted by Crippen LogP contribution is -2.17. The highest BCUT2D eigenvalue weighted by molar-refractivity contribution is 5.60. The maximum atomic E-state index is 4.20. The van der Waals surface area contributed by atoms with Crippen LogP contribution in [0, 0.1) is 0 Å². The van der Waals surface area contributed by atoms with Gasteiger partial charge >= 0.3 is 0 Å². The van der Waals surface area contributed by atoms with Gasteiger partial charge in [-0.25, -0.2) is 0 Å². The van der Waals surface area contributed by atoms with E-state index in [0.29, 0.717) is 6.04 Å². The number of hydrogen-bond donors (Lipinski definition) is 1. The molecule has 0 saturated carbocycles. The van der Waals surface area contributed by atoms with Crippen LogP contribution in [0.3, 0.4) is 0 Å². The third kappa shape index (κ3) is 2.56. The Morgan fingerprint density at radius 1 is 1.35 bits per heavy atom. The number of nitrogens with one attached hydrogen (secondary N) is 1. The summed E-state index contributed by atoms with van der Waals surface area (Å²) in [4.78, 5) is 0. The van der Waals surface area contributed by atoms with Crippen molar-refractivity contribution in [2.75, 3.05) is 6.54 Å². The zero-order valence-electron chi connectivity index (χ0n) is 10.6. The van der Waals surface area contributed by atoms with Crippen molar-refractivity contribution in [1.29, 1.82) is 0 Å². The summed E-state index contributed by atoms with van der Waals surface area (Å²) in [6.07, 6.45) is 1.83. The minimum Gasteiger partial charge on any atom is -0.310 e. The molecule has 1 heterocycles. The van der Waals surface area contributed by atoms with Crippen molar-refractivity contribution >= 4 is 0 Å². The number of benzene rings is 1. The van der Waals surface area contributed by atoms with Gasteiger partial charge in [0.25, 0.3) is 0 Å². The zero-order valence-corrected chi connectivity index (χ0v) is 10.6. The molecule has 0 aliphatic heterocycles. The molecule has 0 radical (unpaired) electrons. The second-order valence-electron chi connectivity index (χ2n) is 4.24. The van der Waals surface area contributed by atoms with Crippen LogP contribution in [-0.2, 0) is 7.05 Å². The van der Waals surface area contributed by atoms with Crippen LogP contribution in [0.25, 0.3) is 11.3 Å². The highest BCUT2D eigenvalue weighted by atomic mass is 15.3. The van der Waals surface area contributed by atoms with Crippen LogP contribution in [0.15, 0.2) is 36.5 Å². The Balaban J connectivity index is 2.32. The summed E-state index contributed by atoms with van der Waals surface area (Å²) in [5, 5.41) is 7.63. The van der Waals surface area contributed by atoms with E-state index < -0.39 is 0 Å². The first-order chi connectivity index (χ1) is 8.22. The Morgan fingerprint density at radius 3 is 2.82 bits per heavy atom. The highest BCUT2D eigenvalue weighted by Crippen LogP contribution is 2.22. The van der Waals surface area contributed by atoms with E-state index in [-0.39, 0.29) is 0 Å². The predicted molar refractivity (Wildman–Crippen MR) is 70.7 cm³/mol. The van der Waals surface area contributed by atoms with Gasteiger partial charge in [0, 0.05) is 24.8 Å². The normalized spacial score (nSPS) is 12.6. The van der Waals surface area contributed by atoms with E-state index in [1.165, 1.54) is 11.1 Å². The molecule has 2 aromatic rings. The Kier molecular flexibility index (Phi) is 3.59. The van der Waals surface area contributed by atoms with Gasteiger partial charge < -0.3 is 5.32 Å². The van der Waals surface area contributed by atoms with E-state index in [9.17, 15) is 0 Å². The number of aryl methyl sites for hydroxylation is 1. The van der Waals surface area contributed by atoms with Gasteiger partial charge in [-0.1, -0.05) is 25.1 Å². The molecule has 90 valence electrons. The molecule has 0 aliphatic carbocycles. The van der Waals surface area contributed by atoms with Crippen LogP contribution in [0.4, 0.5) is 0 Å². The molecule has 0 fully saturated rings. The van der Waals surface area contributed by atoms with Crippen LogP contribution in [-0.4, -0.2) is 16.3 Å². The molecule has 0 amide bonds. The van der Waals surface area contributed by atoms with Gasteiger partial charge in [-0.3, -0.25) is 4.68 Å². The first kappa shape index (κ1) is 11.9. The van der Waals surface area contributed by atoms with Crippen LogP contribution in [0.2, 0.25) is 0 Å². The molecule has 1 aromatic heterocycles. The van der Waals surface area contributed by atoms with Crippen LogP contribution in [0.1, 0.15) is 25.5 Å². The van der Waals surface area contributed by atoms with E-state index in [0.717, 1.165) is 12.2 Å². The molecular formula is C14H19N3. The summed E-state index contributed by atoms with van der Waals surface area (Å²) in [7, 11) is 1.97. The largest absolute Gasteiger partial charge is 0.310 e. The second-order valence-corrected chi connectivity index (χ2v) is 4.24. The molecule has 1 N–H and O–H groups in total. The average molecular weight is 229 g/mol. The van der Waals surface area contributed by atoms with Crippen molar-refractivity contribution in [3.05, 3.63) is 42.1 Å². The summed E-state index contributed by atoms with van der Waals surface area (Å²) in [6.45, 7) is 5.30. The first-order valence-electron chi connectivity index (χ1n) is 6.04. The molecule has 17 heavy (non-hydrogen) atoms. The molecule has 1 unspecified atom stereocenters. The van der Waals surface area contributed by atoms with Gasteiger partial charge in [0.2, 0.25) is 0 Å². The maximum Gasteiger partial charge on any atom is 0.0678 e. The molecule has 0 spiro atoms. The molecule has 1 aromatic carbocycles. The van der Waals surface area contributed by atoms with Crippen LogP contribution in [0.5, 0.6) is 0 Å². The fourth-order valence-corrected chi connectivity index (χ4v) is 2.05. The summed E-state index contributed by atoms with van der Waals surface area (Å²) in [5.74, 6) is 0. The van der Waals surface area contributed by atoms with Crippen LogP contribution < -0.4 is 5.32 Å². The predicted octanol–water partition coefficient (Wildman–Crippen LogP) is 2.76. The molecule has 2 rings (SSSR count). The Bertz CT molecular complexity index is 488. The standard InChI is InChI=1S/C14H19N3/c1-4-15-11(2)12-6-5-7-13(10-12)14-8-9-16-17(14)3/h5-11,15H,4H2,1-3H3. The SMILES string of the molecule is CCNC(C)c1cccc(-c2ccnn2C)c1. The van der Waals surface area contributed by atoms with Crippen molar-refractivity contribution < 1.29 is 0 Å². The molecule has 3 nitrogen and oxygen atoms in total. The fraction of sp³-hybridized carbons (Fsp3) is 0.357. The van der Waals surface area contributed by atoms with Gasteiger partial charge in [0.05, 0.1) is 5.69 Å². The van der Waals surface area contributed by atoms with Crippen molar-refractivity contribution in [2.45, 2.75) is 19.9 Å². The molecule has 0 bridgehead atoms. The molecular weight excluding hydrogens is 210 g/mol. The van der Waals surface area contributed by atoms with E-state index in [4.69, 9.17) is 0 Å². The number of hydrogen-bond acceptors (Lipinski definition) is 2. The third-order valence-corrected chi connectivity index (χ3v) is 3.01. The van der Waals surface area contributed by atoms with Gasteiger partial charge in [-0.15, -0.1) is 0 Å². The highest BCUT2D eigenvalue weighted by Gasteiger charge is 2.07. The Labute approximate surface area is 102 Å². The van der Waals surface area contributed by atoms with Crippen molar-refractivity contribution in [2.24, 2.45) is 7.05 Å². The van der Waals surface area contributed by atoms with Crippen molar-refractivity contribution in [3.63, 3.8) is 0 Å². The van der Waals surface area contributed by atoms with E-state index in [1.807, 2.05) is 24.0 Å². The van der Waals surface area contributed by atoms with Gasteiger partial charge in [0.15, 0.2) is 0 Å². The molecule has 3 heteroatoms. The first-order valence-corrected chi connectivity index (χ1v) is 6.04. The zero-order chi connectivity index (χ0) is 12.3. The second kappa shape index (κ2) is 5.15. The summed E-state index contributed by atoms with van der Waals surface area (Å²) >= 11 is 0. The topological polar surface area (TPSA) is 29.9 Å². The Hall–Kier alpha value is -1.61. The smallest absolute Gasteiger partial charge is 0.0678 e. The summed E-state index contributed by atoms with van der Waals surface area (Å²) < 4.78 is 1.90. The quantitative estimate of drug-likeness (QED) is 0.873. The minimum absolute atomic E-state index is 0.383. The summed E-state index contributed by atoms with van der Waals surface area (Å²) in [6, 6.07) is 11.0. The van der Waals surface area contributed by atoms with Crippen LogP contribution >= 0.6 is 0 Å². The molecule has 0 aliphatic rings. The minimum atomic E-state index is 0.383. The van der Waals surface area contributed by atoms with E-state index >= 15 is 0 Å². The molecule has 1 atom stereocenters. The molecule has 0 saturated heterocycles. The van der Waals surface area contributed by atoms with E-state index in [1.54, 1.807) is 0 Å². The lowest BCUT2D eigenvalue weighted by molar-refractivity contribution is 0.598. The number of nitrogens with zero attached hydrogens (tertiary/aromatic N) is 2. The monoisotopic (exact) mass is 229 g/mol. The number of aromatic nitrogens is 2. The average Bonchev–Trinajstić information content (AvgIpc) is 2.76. The third-order valence-electron chi connectivity index (χ3n) is 3.01. The van der Waals surface area contributed by atoms with Crippen molar-refractivity contribution in [3.8, 4) is 11.3 Å². The lowest BCUT2D eigenvalue weighted by atomic mass is 10.0. The maximum absolute atomic E-state index is 4.20. The Morgan fingerprint density at radius 2 is 2.18 bits per heavy atom. The summed E-state index contributed by atoms with van der Waals surface area (Å²) in [5.41, 5.74) is 3.67. The lowest BCUT2D eigenvalue weighted by Gasteiger charge is -2.14. The van der Waals surface area contributed by atoms with Crippen molar-refractivity contribution in [1.82, 2.24) is 15.1 Å². The fourth-order valence-electron chi connectivity index (χ4n) is 2.05. The van der Waals surface area contributed by atoms with Gasteiger partial charge in [-0.05, 0) is 31.2 Å². The number of rotatable bonds is 4. The van der Waals surface area contributed by atoms with E-state index in [2.05, 4.69) is 48.5 Å². The van der Waals surface area contributed by atoms with Gasteiger partial charge in [0.1, 0.15) is 0 Å². The van der Waals surface area contributed by atoms with Gasteiger partial charge in [-0.2, -0.15) is 5.10 Å².